The van der Waals surface area contributed by atoms with Crippen molar-refractivity contribution in [2.75, 3.05) is 25.2 Å². The number of hydrogen-bond donors (Lipinski definition) is 0. The van der Waals surface area contributed by atoms with E-state index in [0.29, 0.717) is 6.04 Å². The van der Waals surface area contributed by atoms with Crippen molar-refractivity contribution in [1.29, 1.82) is 0 Å². The van der Waals surface area contributed by atoms with Crippen LogP contribution in [-0.2, 0) is 9.53 Å². The second-order valence-electron chi connectivity index (χ2n) is 3.57. The molecule has 1 fully saturated rings. The quantitative estimate of drug-likeness (QED) is 0.651. The lowest BCUT2D eigenvalue weighted by Gasteiger charge is -2.42. The Bertz CT molecular complexity index is 199. The molecule has 2 unspecified atom stereocenters. The number of carbonyl (C=O) groups is 1. The maximum Gasteiger partial charge on any atom is 0.323 e. The van der Waals surface area contributed by atoms with Crippen molar-refractivity contribution in [2.24, 2.45) is 0 Å². The Hall–Kier alpha value is -0.220. The molecule has 0 N–H and O–H groups in total. The Morgan fingerprint density at radius 2 is 2.43 bits per heavy atom. The minimum absolute atomic E-state index is 0.0208. The van der Waals surface area contributed by atoms with Crippen molar-refractivity contribution in [3.05, 3.63) is 0 Å². The molecule has 0 aliphatic carbocycles. The zero-order valence-corrected chi connectivity index (χ0v) is 9.97. The van der Waals surface area contributed by atoms with Crippen LogP contribution in [0.3, 0.4) is 0 Å². The second-order valence-corrected chi connectivity index (χ2v) is 4.89. The minimum Gasteiger partial charge on any atom is -0.468 e. The Balaban J connectivity index is 2.33. The third kappa shape index (κ3) is 2.64. The summed E-state index contributed by atoms with van der Waals surface area (Å²) in [5, 5.41) is 0. The molecule has 1 aliphatic rings. The topological polar surface area (TPSA) is 29.5 Å². The molecule has 0 amide bonds. The molecular weight excluding hydrogens is 198 g/mol. The standard InChI is InChI=1S/C10H19NO2S/c1-4-14-7-8(2)11-6-5-9(11)10(12)13-3/h8-9H,4-7H2,1-3H3. The molecule has 3 nitrogen and oxygen atoms in total. The summed E-state index contributed by atoms with van der Waals surface area (Å²) in [5.74, 6) is 2.16. The van der Waals surface area contributed by atoms with Crippen LogP contribution in [0.1, 0.15) is 20.3 Å². The molecule has 0 aromatic rings. The Morgan fingerprint density at radius 1 is 1.71 bits per heavy atom. The molecule has 0 aromatic carbocycles. The van der Waals surface area contributed by atoms with E-state index in [9.17, 15) is 4.79 Å². The Kier molecular flexibility index (Phi) is 4.75. The molecule has 82 valence electrons. The first-order valence-corrected chi connectivity index (χ1v) is 6.27. The number of rotatable bonds is 5. The van der Waals surface area contributed by atoms with E-state index in [1.54, 1.807) is 0 Å². The van der Waals surface area contributed by atoms with Crippen LogP contribution in [0.25, 0.3) is 0 Å². The first kappa shape index (κ1) is 11.9. The van der Waals surface area contributed by atoms with Gasteiger partial charge in [0.2, 0.25) is 0 Å². The predicted octanol–water partition coefficient (Wildman–Crippen LogP) is 1.38. The minimum atomic E-state index is -0.0791. The van der Waals surface area contributed by atoms with E-state index in [4.69, 9.17) is 4.74 Å². The second kappa shape index (κ2) is 5.61. The van der Waals surface area contributed by atoms with Gasteiger partial charge >= 0.3 is 5.97 Å². The van der Waals surface area contributed by atoms with Gasteiger partial charge in [0.1, 0.15) is 6.04 Å². The van der Waals surface area contributed by atoms with E-state index >= 15 is 0 Å². The Labute approximate surface area is 90.2 Å². The van der Waals surface area contributed by atoms with Gasteiger partial charge in [-0.3, -0.25) is 9.69 Å². The highest BCUT2D eigenvalue weighted by Crippen LogP contribution is 2.23. The fourth-order valence-corrected chi connectivity index (χ4v) is 2.48. The SMILES string of the molecule is CCSCC(C)N1CCC1C(=O)OC. The van der Waals surface area contributed by atoms with Gasteiger partial charge in [-0.15, -0.1) is 0 Å². The molecule has 0 spiro atoms. The molecule has 0 radical (unpaired) electrons. The maximum absolute atomic E-state index is 11.3. The summed E-state index contributed by atoms with van der Waals surface area (Å²) < 4.78 is 4.75. The van der Waals surface area contributed by atoms with Crippen molar-refractivity contribution in [3.63, 3.8) is 0 Å². The van der Waals surface area contributed by atoms with E-state index in [0.717, 1.165) is 24.5 Å². The van der Waals surface area contributed by atoms with Crippen molar-refractivity contribution >= 4 is 17.7 Å². The average Bonchev–Trinajstić information content (AvgIpc) is 2.12. The largest absolute Gasteiger partial charge is 0.468 e. The third-order valence-electron chi connectivity index (χ3n) is 2.66. The summed E-state index contributed by atoms with van der Waals surface area (Å²) in [6, 6.07) is 0.505. The van der Waals surface area contributed by atoms with Crippen LogP contribution in [0.15, 0.2) is 0 Å². The van der Waals surface area contributed by atoms with Gasteiger partial charge in [0, 0.05) is 18.3 Å². The summed E-state index contributed by atoms with van der Waals surface area (Å²) in [4.78, 5) is 13.5. The smallest absolute Gasteiger partial charge is 0.323 e. The summed E-state index contributed by atoms with van der Waals surface area (Å²) in [6.45, 7) is 5.37. The number of hydrogen-bond acceptors (Lipinski definition) is 4. The number of ether oxygens (including phenoxy) is 1. The fraction of sp³-hybridized carbons (Fsp3) is 0.900. The zero-order chi connectivity index (χ0) is 10.6. The lowest BCUT2D eigenvalue weighted by atomic mass is 10.0. The summed E-state index contributed by atoms with van der Waals surface area (Å²) in [7, 11) is 1.46. The van der Waals surface area contributed by atoms with Crippen LogP contribution in [0, 0.1) is 0 Å². The van der Waals surface area contributed by atoms with Gasteiger partial charge < -0.3 is 4.74 Å². The van der Waals surface area contributed by atoms with Crippen LogP contribution in [0.4, 0.5) is 0 Å². The van der Waals surface area contributed by atoms with Crippen LogP contribution in [0.5, 0.6) is 0 Å². The highest BCUT2D eigenvalue weighted by molar-refractivity contribution is 7.99. The highest BCUT2D eigenvalue weighted by atomic mass is 32.2. The van der Waals surface area contributed by atoms with Crippen molar-refractivity contribution in [3.8, 4) is 0 Å². The summed E-state index contributed by atoms with van der Waals surface area (Å²) >= 11 is 1.92. The maximum atomic E-state index is 11.3. The monoisotopic (exact) mass is 217 g/mol. The number of likely N-dealkylation sites (tertiary alicyclic amines) is 1. The number of thioether (sulfide) groups is 1. The molecule has 2 atom stereocenters. The summed E-state index contributed by atoms with van der Waals surface area (Å²) in [5.41, 5.74) is 0. The molecule has 1 aliphatic heterocycles. The van der Waals surface area contributed by atoms with E-state index in [-0.39, 0.29) is 12.0 Å². The van der Waals surface area contributed by atoms with Gasteiger partial charge in [0.15, 0.2) is 0 Å². The molecule has 1 heterocycles. The fourth-order valence-electron chi connectivity index (χ4n) is 1.71. The zero-order valence-electron chi connectivity index (χ0n) is 9.16. The van der Waals surface area contributed by atoms with Gasteiger partial charge in [0.25, 0.3) is 0 Å². The van der Waals surface area contributed by atoms with Crippen molar-refractivity contribution in [1.82, 2.24) is 4.90 Å². The predicted molar refractivity (Wildman–Crippen MR) is 59.6 cm³/mol. The normalized spacial score (nSPS) is 24.1. The van der Waals surface area contributed by atoms with E-state index in [1.165, 1.54) is 7.11 Å². The van der Waals surface area contributed by atoms with Crippen LogP contribution in [-0.4, -0.2) is 48.1 Å². The van der Waals surface area contributed by atoms with E-state index in [2.05, 4.69) is 18.7 Å². The molecule has 0 saturated carbocycles. The summed E-state index contributed by atoms with van der Waals surface area (Å²) in [6.07, 6.45) is 0.952. The highest BCUT2D eigenvalue weighted by Gasteiger charge is 2.37. The Morgan fingerprint density at radius 3 is 2.86 bits per heavy atom. The van der Waals surface area contributed by atoms with Gasteiger partial charge in [-0.2, -0.15) is 11.8 Å². The number of methoxy groups -OCH3 is 1. The average molecular weight is 217 g/mol. The third-order valence-corrected chi connectivity index (χ3v) is 3.79. The number of esters is 1. The van der Waals surface area contributed by atoms with Crippen molar-refractivity contribution < 1.29 is 9.53 Å². The van der Waals surface area contributed by atoms with Gasteiger partial charge in [0.05, 0.1) is 7.11 Å². The lowest BCUT2D eigenvalue weighted by molar-refractivity contribution is -0.153. The van der Waals surface area contributed by atoms with Crippen molar-refractivity contribution in [2.45, 2.75) is 32.4 Å². The molecule has 4 heteroatoms. The van der Waals surface area contributed by atoms with Crippen LogP contribution < -0.4 is 0 Å². The molecule has 1 saturated heterocycles. The lowest BCUT2D eigenvalue weighted by Crippen LogP contribution is -2.57. The molecular formula is C10H19NO2S. The number of carbonyl (C=O) groups excluding carboxylic acids is 1. The van der Waals surface area contributed by atoms with Crippen LogP contribution >= 0.6 is 11.8 Å². The molecule has 0 aromatic heterocycles. The number of nitrogens with zero attached hydrogens (tertiary/aromatic N) is 1. The molecule has 0 bridgehead atoms. The van der Waals surface area contributed by atoms with Crippen LogP contribution in [0.2, 0.25) is 0 Å². The van der Waals surface area contributed by atoms with E-state index in [1.807, 2.05) is 11.8 Å². The first-order chi connectivity index (χ1) is 6.70. The molecule has 1 rings (SSSR count). The van der Waals surface area contributed by atoms with Gasteiger partial charge in [-0.1, -0.05) is 6.92 Å². The van der Waals surface area contributed by atoms with Gasteiger partial charge in [-0.05, 0) is 19.1 Å². The molecule has 14 heavy (non-hydrogen) atoms. The van der Waals surface area contributed by atoms with Gasteiger partial charge in [-0.25, -0.2) is 0 Å². The van der Waals surface area contributed by atoms with E-state index < -0.39 is 0 Å². The first-order valence-electron chi connectivity index (χ1n) is 5.12.